The Morgan fingerprint density at radius 3 is 2.65 bits per heavy atom. The van der Waals surface area contributed by atoms with Crippen molar-refractivity contribution in [1.29, 1.82) is 5.26 Å². The molecule has 0 aliphatic carbocycles. The average molecular weight is 306 g/mol. The second-order valence-electron chi connectivity index (χ2n) is 4.77. The molecule has 1 aromatic carbocycles. The second-order valence-corrected chi connectivity index (χ2v) is 4.77. The zero-order chi connectivity index (χ0) is 16.2. The predicted molar refractivity (Wildman–Crippen MR) is 85.1 cm³/mol. The number of methoxy groups -OCH3 is 2. The number of nitrogens with one attached hydrogen (secondary N) is 1. The van der Waals surface area contributed by atoms with Crippen molar-refractivity contribution < 1.29 is 9.47 Å². The van der Waals surface area contributed by atoms with Crippen LogP contribution in [0, 0.1) is 11.3 Å². The molecule has 0 radical (unpaired) electrons. The Labute approximate surface area is 133 Å². The summed E-state index contributed by atoms with van der Waals surface area (Å²) in [6, 6.07) is 9.51. The summed E-state index contributed by atoms with van der Waals surface area (Å²) in [5.74, 6) is 0.921. The van der Waals surface area contributed by atoms with Crippen LogP contribution in [-0.4, -0.2) is 29.4 Å². The summed E-state index contributed by atoms with van der Waals surface area (Å²) in [4.78, 5) is 4.13. The van der Waals surface area contributed by atoms with E-state index in [4.69, 9.17) is 9.47 Å². The minimum atomic E-state index is 0.403. The fourth-order valence-electron chi connectivity index (χ4n) is 2.44. The predicted octanol–water partition coefficient (Wildman–Crippen LogP) is 3.03. The van der Waals surface area contributed by atoms with Gasteiger partial charge >= 0.3 is 0 Å². The van der Waals surface area contributed by atoms with Crippen LogP contribution in [0.4, 0.5) is 0 Å². The molecule has 6 heteroatoms. The molecule has 0 spiro atoms. The second kappa shape index (κ2) is 6.20. The van der Waals surface area contributed by atoms with Crippen molar-refractivity contribution in [2.24, 2.45) is 0 Å². The van der Waals surface area contributed by atoms with Crippen molar-refractivity contribution in [2.75, 3.05) is 14.2 Å². The van der Waals surface area contributed by atoms with Gasteiger partial charge in [-0.15, -0.1) is 0 Å². The highest BCUT2D eigenvalue weighted by Gasteiger charge is 2.16. The molecule has 2 heterocycles. The van der Waals surface area contributed by atoms with E-state index in [1.807, 2.05) is 18.2 Å². The molecule has 0 atom stereocenters. The van der Waals surface area contributed by atoms with Crippen LogP contribution in [0.5, 0.6) is 11.5 Å². The standard InChI is InChI=1S/C17H14N4O2/c1-22-15-7-12(6-13(8-18)17(15)23-2)14-10-20-21-16(14)11-4-3-5-19-9-11/h3-7,9-10H,1-2H3,(H,20,21). The first-order chi connectivity index (χ1) is 11.3. The molecule has 2 aromatic heterocycles. The van der Waals surface area contributed by atoms with Gasteiger partial charge in [-0.25, -0.2) is 0 Å². The monoisotopic (exact) mass is 306 g/mol. The Kier molecular flexibility index (Phi) is 3.93. The van der Waals surface area contributed by atoms with Gasteiger partial charge in [0.05, 0.1) is 31.7 Å². The number of nitrogens with zero attached hydrogens (tertiary/aromatic N) is 3. The number of rotatable bonds is 4. The molecule has 0 amide bonds. The summed E-state index contributed by atoms with van der Waals surface area (Å²) in [7, 11) is 3.05. The molecule has 6 nitrogen and oxygen atoms in total. The maximum absolute atomic E-state index is 9.36. The maximum Gasteiger partial charge on any atom is 0.178 e. The molecule has 0 unspecified atom stereocenters. The van der Waals surface area contributed by atoms with Crippen LogP contribution in [0.2, 0.25) is 0 Å². The summed E-state index contributed by atoms with van der Waals surface area (Å²) in [6.45, 7) is 0. The van der Waals surface area contributed by atoms with Crippen molar-refractivity contribution in [1.82, 2.24) is 15.2 Å². The van der Waals surface area contributed by atoms with E-state index in [0.717, 1.165) is 22.4 Å². The number of ether oxygens (including phenoxy) is 2. The minimum Gasteiger partial charge on any atom is -0.493 e. The van der Waals surface area contributed by atoms with E-state index >= 15 is 0 Å². The number of hydrogen-bond acceptors (Lipinski definition) is 5. The normalized spacial score (nSPS) is 10.1. The number of benzene rings is 1. The van der Waals surface area contributed by atoms with Gasteiger partial charge in [0.2, 0.25) is 0 Å². The van der Waals surface area contributed by atoms with Gasteiger partial charge in [-0.2, -0.15) is 10.4 Å². The first-order valence-electron chi connectivity index (χ1n) is 6.88. The summed E-state index contributed by atoms with van der Waals surface area (Å²) >= 11 is 0. The zero-order valence-corrected chi connectivity index (χ0v) is 12.7. The summed E-state index contributed by atoms with van der Waals surface area (Å²) in [6.07, 6.45) is 5.18. The Balaban J connectivity index is 2.18. The molecular formula is C17H14N4O2. The fourth-order valence-corrected chi connectivity index (χ4v) is 2.44. The van der Waals surface area contributed by atoms with Gasteiger partial charge in [0, 0.05) is 23.5 Å². The molecule has 0 bridgehead atoms. The van der Waals surface area contributed by atoms with E-state index in [1.54, 1.807) is 31.8 Å². The molecule has 0 saturated carbocycles. The van der Waals surface area contributed by atoms with Gasteiger partial charge in [-0.1, -0.05) is 0 Å². The number of nitriles is 1. The molecule has 0 fully saturated rings. The number of aromatic nitrogens is 3. The maximum atomic E-state index is 9.36. The molecule has 0 aliphatic rings. The number of hydrogen-bond donors (Lipinski definition) is 1. The van der Waals surface area contributed by atoms with Gasteiger partial charge in [0.1, 0.15) is 6.07 Å². The van der Waals surface area contributed by atoms with Crippen LogP contribution in [0.3, 0.4) is 0 Å². The molecule has 1 N–H and O–H groups in total. The molecule has 3 aromatic rings. The van der Waals surface area contributed by atoms with Crippen LogP contribution in [0.1, 0.15) is 5.56 Å². The van der Waals surface area contributed by atoms with Crippen molar-refractivity contribution in [3.8, 4) is 40.0 Å². The molecule has 0 saturated heterocycles. The van der Waals surface area contributed by atoms with Gasteiger partial charge in [-0.3, -0.25) is 10.1 Å². The van der Waals surface area contributed by atoms with Crippen molar-refractivity contribution in [2.45, 2.75) is 0 Å². The summed E-state index contributed by atoms with van der Waals surface area (Å²) in [5.41, 5.74) is 3.81. The quantitative estimate of drug-likeness (QED) is 0.801. The topological polar surface area (TPSA) is 83.8 Å². The molecule has 3 rings (SSSR count). The molecule has 0 aliphatic heterocycles. The number of H-pyrrole nitrogens is 1. The van der Waals surface area contributed by atoms with Gasteiger partial charge in [0.25, 0.3) is 0 Å². The van der Waals surface area contributed by atoms with Gasteiger partial charge in [-0.05, 0) is 29.8 Å². The van der Waals surface area contributed by atoms with E-state index in [9.17, 15) is 5.26 Å². The smallest absolute Gasteiger partial charge is 0.178 e. The van der Waals surface area contributed by atoms with Crippen LogP contribution in [-0.2, 0) is 0 Å². The average Bonchev–Trinajstić information content (AvgIpc) is 3.10. The lowest BCUT2D eigenvalue weighted by Crippen LogP contribution is -1.95. The van der Waals surface area contributed by atoms with Gasteiger partial charge in [0.15, 0.2) is 11.5 Å². The Bertz CT molecular complexity index is 866. The lowest BCUT2D eigenvalue weighted by atomic mass is 10.00. The number of aromatic amines is 1. The first-order valence-corrected chi connectivity index (χ1v) is 6.88. The summed E-state index contributed by atoms with van der Waals surface area (Å²) < 4.78 is 10.6. The highest BCUT2D eigenvalue weighted by molar-refractivity contribution is 5.82. The van der Waals surface area contributed by atoms with Crippen LogP contribution in [0.25, 0.3) is 22.4 Å². The van der Waals surface area contributed by atoms with E-state index in [1.165, 1.54) is 7.11 Å². The van der Waals surface area contributed by atoms with Crippen LogP contribution < -0.4 is 9.47 Å². The molecule has 114 valence electrons. The zero-order valence-electron chi connectivity index (χ0n) is 12.7. The highest BCUT2D eigenvalue weighted by atomic mass is 16.5. The third-order valence-corrected chi connectivity index (χ3v) is 3.50. The van der Waals surface area contributed by atoms with Crippen molar-refractivity contribution >= 4 is 0 Å². The van der Waals surface area contributed by atoms with Crippen molar-refractivity contribution in [3.05, 3.63) is 48.4 Å². The Morgan fingerprint density at radius 1 is 1.13 bits per heavy atom. The number of pyridine rings is 1. The molecule has 23 heavy (non-hydrogen) atoms. The van der Waals surface area contributed by atoms with E-state index in [2.05, 4.69) is 21.3 Å². The van der Waals surface area contributed by atoms with Crippen LogP contribution >= 0.6 is 0 Å². The van der Waals surface area contributed by atoms with E-state index in [-0.39, 0.29) is 0 Å². The Morgan fingerprint density at radius 2 is 2.00 bits per heavy atom. The first kappa shape index (κ1) is 14.6. The lowest BCUT2D eigenvalue weighted by molar-refractivity contribution is 0.354. The van der Waals surface area contributed by atoms with Crippen LogP contribution in [0.15, 0.2) is 42.9 Å². The Hall–Kier alpha value is -3.33. The SMILES string of the molecule is COc1cc(-c2cn[nH]c2-c2cccnc2)cc(C#N)c1OC. The van der Waals surface area contributed by atoms with Gasteiger partial charge < -0.3 is 9.47 Å². The van der Waals surface area contributed by atoms with E-state index < -0.39 is 0 Å². The van der Waals surface area contributed by atoms with E-state index in [0.29, 0.717) is 17.1 Å². The largest absolute Gasteiger partial charge is 0.493 e. The van der Waals surface area contributed by atoms with Crippen molar-refractivity contribution in [3.63, 3.8) is 0 Å². The minimum absolute atomic E-state index is 0.403. The third kappa shape index (κ3) is 2.60. The molecular weight excluding hydrogens is 292 g/mol. The third-order valence-electron chi connectivity index (χ3n) is 3.50. The fraction of sp³-hybridized carbons (Fsp3) is 0.118. The lowest BCUT2D eigenvalue weighted by Gasteiger charge is -2.12. The summed E-state index contributed by atoms with van der Waals surface area (Å²) in [5, 5.41) is 16.5. The highest BCUT2D eigenvalue weighted by Crippen LogP contribution is 2.38.